The van der Waals surface area contributed by atoms with E-state index in [0.29, 0.717) is 6.54 Å². The molecule has 0 aliphatic carbocycles. The smallest absolute Gasteiger partial charge is 0.269 e. The van der Waals surface area contributed by atoms with Crippen LogP contribution in [-0.4, -0.2) is 48.5 Å². The van der Waals surface area contributed by atoms with Crippen molar-refractivity contribution in [3.8, 4) is 0 Å². The fourth-order valence-corrected chi connectivity index (χ4v) is 3.73. The molecule has 138 valence electrons. The Labute approximate surface area is 157 Å². The molecule has 1 fully saturated rings. The van der Waals surface area contributed by atoms with Crippen LogP contribution in [0.1, 0.15) is 12.5 Å². The van der Waals surface area contributed by atoms with Crippen molar-refractivity contribution in [2.24, 2.45) is 4.99 Å². The Morgan fingerprint density at radius 1 is 1.27 bits per heavy atom. The summed E-state index contributed by atoms with van der Waals surface area (Å²) in [6, 6.07) is 10.9. The molecular weight excluding hydrogens is 350 g/mol. The first-order valence-electron chi connectivity index (χ1n) is 8.72. The van der Waals surface area contributed by atoms with Crippen LogP contribution in [0.3, 0.4) is 0 Å². The van der Waals surface area contributed by atoms with Gasteiger partial charge in [-0.25, -0.2) is 4.99 Å². The van der Waals surface area contributed by atoms with E-state index in [0.717, 1.165) is 44.2 Å². The first-order chi connectivity index (χ1) is 12.7. The summed E-state index contributed by atoms with van der Waals surface area (Å²) in [4.78, 5) is 19.9. The fraction of sp³-hybridized carbons (Fsp3) is 0.389. The van der Waals surface area contributed by atoms with Gasteiger partial charge in [-0.05, 0) is 30.0 Å². The predicted molar refractivity (Wildman–Crippen MR) is 106 cm³/mol. The third-order valence-electron chi connectivity index (χ3n) is 4.26. The van der Waals surface area contributed by atoms with Crippen molar-refractivity contribution >= 4 is 28.0 Å². The highest BCUT2D eigenvalue weighted by molar-refractivity contribution is 7.14. The van der Waals surface area contributed by atoms with Crippen molar-refractivity contribution < 1.29 is 4.92 Å². The number of nitro groups is 1. The monoisotopic (exact) mass is 373 g/mol. The van der Waals surface area contributed by atoms with Crippen molar-refractivity contribution in [1.29, 1.82) is 0 Å². The number of non-ortho nitro benzene ring substituents is 1. The number of hydrogen-bond acceptors (Lipinski definition) is 5. The quantitative estimate of drug-likeness (QED) is 0.377. The molecule has 1 aliphatic rings. The van der Waals surface area contributed by atoms with Gasteiger partial charge < -0.3 is 15.1 Å². The van der Waals surface area contributed by atoms with E-state index < -0.39 is 0 Å². The summed E-state index contributed by atoms with van der Waals surface area (Å²) in [5, 5.41) is 17.7. The van der Waals surface area contributed by atoms with Crippen molar-refractivity contribution in [1.82, 2.24) is 10.2 Å². The van der Waals surface area contributed by atoms with E-state index in [-0.39, 0.29) is 10.6 Å². The van der Waals surface area contributed by atoms with Gasteiger partial charge in [0.25, 0.3) is 5.69 Å². The molecule has 1 aromatic heterocycles. The van der Waals surface area contributed by atoms with Gasteiger partial charge in [-0.15, -0.1) is 11.3 Å². The number of anilines is 1. The minimum absolute atomic E-state index is 0.104. The number of aliphatic imine (C=N–C) groups is 1. The molecule has 0 amide bonds. The molecule has 0 spiro atoms. The molecule has 1 aliphatic heterocycles. The lowest BCUT2D eigenvalue weighted by atomic mass is 10.2. The minimum atomic E-state index is -0.373. The lowest BCUT2D eigenvalue weighted by molar-refractivity contribution is -0.384. The molecule has 0 unspecified atom stereocenters. The van der Waals surface area contributed by atoms with Gasteiger partial charge >= 0.3 is 0 Å². The van der Waals surface area contributed by atoms with Crippen LogP contribution in [0, 0.1) is 10.1 Å². The minimum Gasteiger partial charge on any atom is -0.360 e. The highest BCUT2D eigenvalue weighted by atomic mass is 32.1. The van der Waals surface area contributed by atoms with Crippen LogP contribution in [0.2, 0.25) is 0 Å². The number of nitro benzene ring substituents is 1. The van der Waals surface area contributed by atoms with Crippen molar-refractivity contribution in [2.45, 2.75) is 13.5 Å². The lowest BCUT2D eigenvalue weighted by Gasteiger charge is -2.37. The van der Waals surface area contributed by atoms with Gasteiger partial charge in [0, 0.05) is 44.9 Å². The molecule has 3 rings (SSSR count). The van der Waals surface area contributed by atoms with E-state index in [1.165, 1.54) is 11.1 Å². The molecule has 7 nitrogen and oxygen atoms in total. The van der Waals surface area contributed by atoms with Gasteiger partial charge in [0.15, 0.2) is 5.96 Å². The summed E-state index contributed by atoms with van der Waals surface area (Å²) >= 11 is 1.77. The SMILES string of the molecule is CCNC(=NCc1cccc([N+](=O)[O-])c1)N1CCN(c2cccs2)CC1. The maximum absolute atomic E-state index is 10.9. The summed E-state index contributed by atoms with van der Waals surface area (Å²) in [6.45, 7) is 6.99. The molecule has 0 atom stereocenters. The summed E-state index contributed by atoms with van der Waals surface area (Å²) < 4.78 is 0. The first kappa shape index (κ1) is 18.2. The molecular formula is C18H23N5O2S. The molecule has 0 saturated carbocycles. The number of guanidine groups is 1. The van der Waals surface area contributed by atoms with E-state index >= 15 is 0 Å². The van der Waals surface area contributed by atoms with Crippen molar-refractivity contribution in [2.75, 3.05) is 37.6 Å². The maximum atomic E-state index is 10.9. The second kappa shape index (κ2) is 8.66. The summed E-state index contributed by atoms with van der Waals surface area (Å²) in [6.07, 6.45) is 0. The Morgan fingerprint density at radius 2 is 2.08 bits per heavy atom. The van der Waals surface area contributed by atoms with Crippen LogP contribution in [0.5, 0.6) is 0 Å². The second-order valence-corrected chi connectivity index (χ2v) is 6.95. The number of nitrogens with one attached hydrogen (secondary N) is 1. The highest BCUT2D eigenvalue weighted by Crippen LogP contribution is 2.22. The number of piperazine rings is 1. The third kappa shape index (κ3) is 4.51. The number of thiophene rings is 1. The summed E-state index contributed by atoms with van der Waals surface area (Å²) in [5.74, 6) is 0.866. The van der Waals surface area contributed by atoms with Gasteiger partial charge in [0.1, 0.15) is 0 Å². The van der Waals surface area contributed by atoms with Gasteiger partial charge in [0.05, 0.1) is 16.5 Å². The Morgan fingerprint density at radius 3 is 2.73 bits per heavy atom. The number of rotatable bonds is 5. The summed E-state index contributed by atoms with van der Waals surface area (Å²) in [7, 11) is 0. The van der Waals surface area contributed by atoms with E-state index in [9.17, 15) is 10.1 Å². The Bertz CT molecular complexity index is 755. The van der Waals surface area contributed by atoms with Gasteiger partial charge in [-0.1, -0.05) is 12.1 Å². The van der Waals surface area contributed by atoms with Crippen molar-refractivity contribution in [3.05, 3.63) is 57.5 Å². The van der Waals surface area contributed by atoms with Crippen LogP contribution in [0.25, 0.3) is 0 Å². The molecule has 1 aromatic carbocycles. The highest BCUT2D eigenvalue weighted by Gasteiger charge is 2.20. The van der Waals surface area contributed by atoms with Crippen LogP contribution in [-0.2, 0) is 6.54 Å². The molecule has 8 heteroatoms. The first-order valence-corrected chi connectivity index (χ1v) is 9.60. The normalized spacial score (nSPS) is 15.2. The van der Waals surface area contributed by atoms with Crippen LogP contribution >= 0.6 is 11.3 Å². The average molecular weight is 373 g/mol. The maximum Gasteiger partial charge on any atom is 0.269 e. The standard InChI is InChI=1S/C18H23N5O2S/c1-2-19-18(20-14-15-5-3-6-16(13-15)23(24)25)22-10-8-21(9-11-22)17-7-4-12-26-17/h3-7,12-13H,2,8-11,14H2,1H3,(H,19,20). The zero-order chi connectivity index (χ0) is 18.4. The number of hydrogen-bond donors (Lipinski definition) is 1. The van der Waals surface area contributed by atoms with Gasteiger partial charge in [-0.2, -0.15) is 0 Å². The number of benzene rings is 1. The lowest BCUT2D eigenvalue weighted by Crippen LogP contribution is -2.52. The molecule has 26 heavy (non-hydrogen) atoms. The zero-order valence-corrected chi connectivity index (χ0v) is 15.6. The molecule has 0 radical (unpaired) electrons. The molecule has 2 heterocycles. The van der Waals surface area contributed by atoms with E-state index in [1.807, 2.05) is 13.0 Å². The molecule has 1 saturated heterocycles. The topological polar surface area (TPSA) is 74.0 Å². The number of nitrogens with zero attached hydrogens (tertiary/aromatic N) is 4. The Balaban J connectivity index is 1.64. The summed E-state index contributed by atoms with van der Waals surface area (Å²) in [5.41, 5.74) is 0.944. The van der Waals surface area contributed by atoms with Crippen LogP contribution < -0.4 is 10.2 Å². The molecule has 0 bridgehead atoms. The van der Waals surface area contributed by atoms with Crippen molar-refractivity contribution in [3.63, 3.8) is 0 Å². The largest absolute Gasteiger partial charge is 0.360 e. The van der Waals surface area contributed by atoms with E-state index in [2.05, 4.69) is 37.6 Å². The van der Waals surface area contributed by atoms with E-state index in [4.69, 9.17) is 0 Å². The Kier molecular flexibility index (Phi) is 6.06. The Hall–Kier alpha value is -2.61. The molecule has 2 aromatic rings. The van der Waals surface area contributed by atoms with E-state index in [1.54, 1.807) is 23.5 Å². The predicted octanol–water partition coefficient (Wildman–Crippen LogP) is 2.94. The average Bonchev–Trinajstić information content (AvgIpc) is 3.20. The zero-order valence-electron chi connectivity index (χ0n) is 14.8. The molecule has 1 N–H and O–H groups in total. The van der Waals surface area contributed by atoms with Crippen LogP contribution in [0.4, 0.5) is 10.7 Å². The van der Waals surface area contributed by atoms with Gasteiger partial charge in [-0.3, -0.25) is 10.1 Å². The van der Waals surface area contributed by atoms with Crippen LogP contribution in [0.15, 0.2) is 46.8 Å². The second-order valence-electron chi connectivity index (χ2n) is 6.02. The fourth-order valence-electron chi connectivity index (χ4n) is 2.95. The van der Waals surface area contributed by atoms with Gasteiger partial charge in [0.2, 0.25) is 0 Å². The third-order valence-corrected chi connectivity index (χ3v) is 5.19.